The van der Waals surface area contributed by atoms with Crippen LogP contribution in [0.2, 0.25) is 10.0 Å². The Hall–Kier alpha value is -0.250. The summed E-state index contributed by atoms with van der Waals surface area (Å²) >= 11 is 14.8. The maximum absolute atomic E-state index is 11.6. The number of amides is 1. The maximum atomic E-state index is 11.6. The molecule has 1 aromatic carbocycles. The molecule has 0 atom stereocenters. The van der Waals surface area contributed by atoms with Gasteiger partial charge in [-0.3, -0.25) is 4.79 Å². The van der Waals surface area contributed by atoms with Crippen LogP contribution in [0.5, 0.6) is 0 Å². The molecule has 0 fully saturated rings. The zero-order valence-electron chi connectivity index (χ0n) is 7.90. The highest BCUT2D eigenvalue weighted by molar-refractivity contribution is 9.09. The second-order valence-corrected chi connectivity index (χ2v) is 4.53. The Labute approximate surface area is 107 Å². The number of alkyl halides is 1. The third-order valence-electron chi connectivity index (χ3n) is 1.78. The van der Waals surface area contributed by atoms with Gasteiger partial charge in [0.05, 0.1) is 10.0 Å². The van der Waals surface area contributed by atoms with E-state index in [0.717, 1.165) is 11.8 Å². The van der Waals surface area contributed by atoms with E-state index in [9.17, 15) is 4.79 Å². The van der Waals surface area contributed by atoms with Gasteiger partial charge in [0.2, 0.25) is 0 Å². The molecule has 0 aliphatic carbocycles. The molecule has 0 spiro atoms. The van der Waals surface area contributed by atoms with Gasteiger partial charge >= 0.3 is 0 Å². The molecule has 0 heterocycles. The molecule has 1 aromatic rings. The van der Waals surface area contributed by atoms with Crippen molar-refractivity contribution >= 4 is 45.0 Å². The molecule has 0 saturated heterocycles. The summed E-state index contributed by atoms with van der Waals surface area (Å²) in [5.41, 5.74) is 0.527. The van der Waals surface area contributed by atoms with Gasteiger partial charge in [0.1, 0.15) is 0 Å². The van der Waals surface area contributed by atoms with E-state index in [4.69, 9.17) is 23.2 Å². The Morgan fingerprint density at radius 3 is 2.67 bits per heavy atom. The van der Waals surface area contributed by atoms with Gasteiger partial charge in [0.15, 0.2) is 0 Å². The molecule has 0 radical (unpaired) electrons. The van der Waals surface area contributed by atoms with Crippen LogP contribution in [0.3, 0.4) is 0 Å². The molecule has 5 heteroatoms. The number of carbonyl (C=O) groups excluding carboxylic acids is 1. The van der Waals surface area contributed by atoms with Crippen molar-refractivity contribution in [1.82, 2.24) is 5.32 Å². The largest absolute Gasteiger partial charge is 0.352 e. The van der Waals surface area contributed by atoms with Crippen molar-refractivity contribution < 1.29 is 4.79 Å². The summed E-state index contributed by atoms with van der Waals surface area (Å²) in [4.78, 5) is 11.6. The van der Waals surface area contributed by atoms with Crippen LogP contribution in [0.15, 0.2) is 18.2 Å². The lowest BCUT2D eigenvalue weighted by molar-refractivity contribution is 0.0954. The molecule has 1 amide bonds. The lowest BCUT2D eigenvalue weighted by Crippen LogP contribution is -2.24. The SMILES string of the molecule is O=C(NCCCBr)c1ccc(Cl)c(Cl)c1. The zero-order chi connectivity index (χ0) is 11.3. The van der Waals surface area contributed by atoms with E-state index >= 15 is 0 Å². The van der Waals surface area contributed by atoms with E-state index in [1.807, 2.05) is 0 Å². The molecule has 0 bridgehead atoms. The number of hydrogen-bond acceptors (Lipinski definition) is 1. The van der Waals surface area contributed by atoms with E-state index in [1.165, 1.54) is 0 Å². The summed E-state index contributed by atoms with van der Waals surface area (Å²) in [5.74, 6) is -0.130. The summed E-state index contributed by atoms with van der Waals surface area (Å²) in [5, 5.41) is 4.49. The fraction of sp³-hybridized carbons (Fsp3) is 0.300. The highest BCUT2D eigenvalue weighted by atomic mass is 79.9. The molecule has 0 saturated carbocycles. The highest BCUT2D eigenvalue weighted by Gasteiger charge is 2.06. The molecular formula is C10H10BrCl2NO. The third kappa shape index (κ3) is 4.01. The van der Waals surface area contributed by atoms with E-state index in [1.54, 1.807) is 18.2 Å². The van der Waals surface area contributed by atoms with E-state index in [0.29, 0.717) is 22.2 Å². The van der Waals surface area contributed by atoms with Crippen LogP contribution in [-0.2, 0) is 0 Å². The molecule has 82 valence electrons. The highest BCUT2D eigenvalue weighted by Crippen LogP contribution is 2.22. The van der Waals surface area contributed by atoms with Crippen molar-refractivity contribution in [3.05, 3.63) is 33.8 Å². The Morgan fingerprint density at radius 2 is 2.07 bits per heavy atom. The van der Waals surface area contributed by atoms with Gasteiger partial charge in [0, 0.05) is 17.4 Å². The number of nitrogens with one attached hydrogen (secondary N) is 1. The van der Waals surface area contributed by atoms with E-state index < -0.39 is 0 Å². The van der Waals surface area contributed by atoms with E-state index in [2.05, 4.69) is 21.2 Å². The molecule has 0 unspecified atom stereocenters. The first kappa shape index (κ1) is 12.8. The molecule has 2 nitrogen and oxygen atoms in total. The van der Waals surface area contributed by atoms with Crippen LogP contribution in [0, 0.1) is 0 Å². The quantitative estimate of drug-likeness (QED) is 0.669. The van der Waals surface area contributed by atoms with Gasteiger partial charge in [-0.25, -0.2) is 0 Å². The van der Waals surface area contributed by atoms with Crippen LogP contribution in [0.4, 0.5) is 0 Å². The standard InChI is InChI=1S/C10H10BrCl2NO/c11-4-1-5-14-10(15)7-2-3-8(12)9(13)6-7/h2-3,6H,1,4-5H2,(H,14,15). The van der Waals surface area contributed by atoms with E-state index in [-0.39, 0.29) is 5.91 Å². The normalized spacial score (nSPS) is 10.1. The van der Waals surface area contributed by atoms with Crippen molar-refractivity contribution in [2.45, 2.75) is 6.42 Å². The summed E-state index contributed by atoms with van der Waals surface area (Å²) in [7, 11) is 0. The van der Waals surface area contributed by atoms with Crippen molar-refractivity contribution in [1.29, 1.82) is 0 Å². The number of rotatable bonds is 4. The second-order valence-electron chi connectivity index (χ2n) is 2.93. The Kier molecular flexibility index (Phi) is 5.43. The number of hydrogen-bond donors (Lipinski definition) is 1. The molecule has 0 aliphatic heterocycles. The van der Waals surface area contributed by atoms with Gasteiger partial charge in [-0.15, -0.1) is 0 Å². The lowest BCUT2D eigenvalue weighted by Gasteiger charge is -2.04. The lowest BCUT2D eigenvalue weighted by atomic mass is 10.2. The Bertz CT molecular complexity index is 357. The van der Waals surface area contributed by atoms with Crippen molar-refractivity contribution in [3.8, 4) is 0 Å². The van der Waals surface area contributed by atoms with Gasteiger partial charge < -0.3 is 5.32 Å². The van der Waals surface area contributed by atoms with Crippen LogP contribution < -0.4 is 5.32 Å². The van der Waals surface area contributed by atoms with Crippen molar-refractivity contribution in [2.24, 2.45) is 0 Å². The average molecular weight is 311 g/mol. The summed E-state index contributed by atoms with van der Waals surface area (Å²) in [6, 6.07) is 4.83. The minimum absolute atomic E-state index is 0.130. The Morgan fingerprint density at radius 1 is 1.33 bits per heavy atom. The molecule has 0 aliphatic rings. The first-order chi connectivity index (χ1) is 7.15. The van der Waals surface area contributed by atoms with Gasteiger partial charge in [-0.1, -0.05) is 39.1 Å². The topological polar surface area (TPSA) is 29.1 Å². The monoisotopic (exact) mass is 309 g/mol. The molecule has 15 heavy (non-hydrogen) atoms. The third-order valence-corrected chi connectivity index (χ3v) is 3.08. The molecule has 1 N–H and O–H groups in total. The van der Waals surface area contributed by atoms with Crippen molar-refractivity contribution in [2.75, 3.05) is 11.9 Å². The summed E-state index contributed by atoms with van der Waals surface area (Å²) in [6.07, 6.45) is 0.896. The predicted octanol–water partition coefficient (Wildman–Crippen LogP) is 3.51. The van der Waals surface area contributed by atoms with Crippen LogP contribution in [0.1, 0.15) is 16.8 Å². The molecule has 1 rings (SSSR count). The van der Waals surface area contributed by atoms with Crippen molar-refractivity contribution in [3.63, 3.8) is 0 Å². The minimum Gasteiger partial charge on any atom is -0.352 e. The van der Waals surface area contributed by atoms with Gasteiger partial charge in [-0.2, -0.15) is 0 Å². The smallest absolute Gasteiger partial charge is 0.251 e. The second kappa shape index (κ2) is 6.36. The number of halogens is 3. The first-order valence-electron chi connectivity index (χ1n) is 4.44. The van der Waals surface area contributed by atoms with Gasteiger partial charge in [-0.05, 0) is 24.6 Å². The number of benzene rings is 1. The average Bonchev–Trinajstić information content (AvgIpc) is 2.22. The van der Waals surface area contributed by atoms with Gasteiger partial charge in [0.25, 0.3) is 5.91 Å². The van der Waals surface area contributed by atoms with Crippen LogP contribution in [-0.4, -0.2) is 17.8 Å². The maximum Gasteiger partial charge on any atom is 0.251 e. The molecular weight excluding hydrogens is 301 g/mol. The molecule has 0 aromatic heterocycles. The first-order valence-corrected chi connectivity index (χ1v) is 6.32. The fourth-order valence-electron chi connectivity index (χ4n) is 1.01. The Balaban J connectivity index is 2.62. The van der Waals surface area contributed by atoms with Crippen LogP contribution >= 0.6 is 39.1 Å². The fourth-order valence-corrected chi connectivity index (χ4v) is 1.59. The van der Waals surface area contributed by atoms with Crippen LogP contribution in [0.25, 0.3) is 0 Å². The minimum atomic E-state index is -0.130. The zero-order valence-corrected chi connectivity index (χ0v) is 11.0. The number of carbonyl (C=O) groups is 1. The summed E-state index contributed by atoms with van der Waals surface area (Å²) in [6.45, 7) is 0.643. The predicted molar refractivity (Wildman–Crippen MR) is 67.2 cm³/mol. The summed E-state index contributed by atoms with van der Waals surface area (Å²) < 4.78 is 0.